The van der Waals surface area contributed by atoms with Gasteiger partial charge in [0, 0.05) is 18.2 Å². The third-order valence-electron chi connectivity index (χ3n) is 4.85. The molecule has 0 fully saturated rings. The molecule has 3 N–H and O–H groups in total. The van der Waals surface area contributed by atoms with Crippen LogP contribution in [0.4, 0.5) is 5.69 Å². The molecule has 0 aliphatic heterocycles. The molecule has 3 aromatic carbocycles. The number of fused-ring (bicyclic) bond motifs is 1. The van der Waals surface area contributed by atoms with Crippen molar-refractivity contribution in [3.8, 4) is 11.4 Å². The van der Waals surface area contributed by atoms with E-state index in [1.54, 1.807) is 24.3 Å². The summed E-state index contributed by atoms with van der Waals surface area (Å²) in [6.45, 7) is 0.530. The monoisotopic (exact) mass is 492 g/mol. The summed E-state index contributed by atoms with van der Waals surface area (Å²) in [4.78, 5) is 43.5. The van der Waals surface area contributed by atoms with Crippen molar-refractivity contribution in [3.63, 3.8) is 0 Å². The SMILES string of the molecule is CC(=O)NS(=O)(=O)c1ccc(NC(=O)COC(=O)c2ccccc2-c2nc3ccccc3[nH]2)cc1. The van der Waals surface area contributed by atoms with E-state index in [2.05, 4.69) is 15.3 Å². The van der Waals surface area contributed by atoms with Crippen LogP contribution in [0.1, 0.15) is 17.3 Å². The first-order chi connectivity index (χ1) is 16.7. The zero-order valence-corrected chi connectivity index (χ0v) is 19.3. The van der Waals surface area contributed by atoms with Crippen LogP contribution >= 0.6 is 0 Å². The van der Waals surface area contributed by atoms with E-state index in [4.69, 9.17) is 4.74 Å². The number of hydrogen-bond acceptors (Lipinski definition) is 7. The summed E-state index contributed by atoms with van der Waals surface area (Å²) in [5.41, 5.74) is 2.63. The summed E-state index contributed by atoms with van der Waals surface area (Å²) in [6, 6.07) is 19.4. The van der Waals surface area contributed by atoms with Crippen molar-refractivity contribution in [1.82, 2.24) is 14.7 Å². The van der Waals surface area contributed by atoms with E-state index < -0.39 is 34.4 Å². The van der Waals surface area contributed by atoms with Crippen LogP contribution in [-0.4, -0.2) is 42.8 Å². The molecule has 0 saturated heterocycles. The highest BCUT2D eigenvalue weighted by Crippen LogP contribution is 2.24. The van der Waals surface area contributed by atoms with Crippen molar-refractivity contribution in [1.29, 1.82) is 0 Å². The van der Waals surface area contributed by atoms with Gasteiger partial charge in [-0.3, -0.25) is 9.59 Å². The Morgan fingerprint density at radius 3 is 2.34 bits per heavy atom. The van der Waals surface area contributed by atoms with Crippen LogP contribution in [0.2, 0.25) is 0 Å². The third kappa shape index (κ3) is 5.53. The lowest BCUT2D eigenvalue weighted by Gasteiger charge is -2.09. The Bertz CT molecular complexity index is 1490. The number of rotatable bonds is 7. The summed E-state index contributed by atoms with van der Waals surface area (Å²) in [5, 5.41) is 2.52. The lowest BCUT2D eigenvalue weighted by atomic mass is 10.1. The number of aromatic nitrogens is 2. The van der Waals surface area contributed by atoms with E-state index in [-0.39, 0.29) is 16.1 Å². The zero-order chi connectivity index (χ0) is 25.0. The van der Waals surface area contributed by atoms with Crippen LogP contribution in [0.15, 0.2) is 77.7 Å². The predicted octanol–water partition coefficient (Wildman–Crippen LogP) is 2.85. The number of carbonyl (C=O) groups excluding carboxylic acids is 3. The molecule has 0 atom stereocenters. The number of nitrogens with one attached hydrogen (secondary N) is 3. The number of para-hydroxylation sites is 2. The van der Waals surface area contributed by atoms with Gasteiger partial charge >= 0.3 is 5.97 Å². The van der Waals surface area contributed by atoms with Crippen molar-refractivity contribution in [2.75, 3.05) is 11.9 Å². The largest absolute Gasteiger partial charge is 0.452 e. The number of hydrogen-bond donors (Lipinski definition) is 3. The quantitative estimate of drug-likeness (QED) is 0.336. The number of sulfonamides is 1. The van der Waals surface area contributed by atoms with Gasteiger partial charge < -0.3 is 15.0 Å². The highest BCUT2D eigenvalue weighted by atomic mass is 32.2. The summed E-state index contributed by atoms with van der Waals surface area (Å²) < 4.78 is 31.0. The van der Waals surface area contributed by atoms with Crippen molar-refractivity contribution >= 4 is 44.5 Å². The fraction of sp³-hybridized carbons (Fsp3) is 0.0833. The van der Waals surface area contributed by atoms with Crippen LogP contribution in [-0.2, 0) is 24.3 Å². The van der Waals surface area contributed by atoms with Gasteiger partial charge in [-0.2, -0.15) is 0 Å². The summed E-state index contributed by atoms with van der Waals surface area (Å²) >= 11 is 0. The molecule has 2 amide bonds. The molecule has 0 aliphatic rings. The minimum Gasteiger partial charge on any atom is -0.452 e. The maximum atomic E-state index is 12.7. The standard InChI is InChI=1S/C24H20N4O6S/c1-15(29)28-35(32,33)17-12-10-16(11-13-17)25-22(30)14-34-24(31)19-7-3-2-6-18(19)23-26-20-8-4-5-9-21(20)27-23/h2-13H,14H2,1H3,(H,25,30)(H,26,27)(H,28,29). The van der Waals surface area contributed by atoms with E-state index in [1.807, 2.05) is 29.0 Å². The first-order valence-electron chi connectivity index (χ1n) is 10.4. The highest BCUT2D eigenvalue weighted by molar-refractivity contribution is 7.90. The molecular formula is C24H20N4O6S. The molecule has 0 aliphatic carbocycles. The fourth-order valence-corrected chi connectivity index (χ4v) is 4.31. The van der Waals surface area contributed by atoms with E-state index in [0.717, 1.165) is 18.0 Å². The smallest absolute Gasteiger partial charge is 0.339 e. The van der Waals surface area contributed by atoms with Crippen LogP contribution < -0.4 is 10.0 Å². The number of amides is 2. The third-order valence-corrected chi connectivity index (χ3v) is 6.30. The van der Waals surface area contributed by atoms with Gasteiger partial charge in [-0.25, -0.2) is 22.9 Å². The van der Waals surface area contributed by atoms with Crippen molar-refractivity contribution < 1.29 is 27.5 Å². The van der Waals surface area contributed by atoms with Crippen LogP contribution in [0.3, 0.4) is 0 Å². The zero-order valence-electron chi connectivity index (χ0n) is 18.4. The first kappa shape index (κ1) is 23.6. The fourth-order valence-electron chi connectivity index (χ4n) is 3.32. The normalized spacial score (nSPS) is 11.1. The number of ether oxygens (including phenoxy) is 1. The Morgan fingerprint density at radius 2 is 1.63 bits per heavy atom. The Balaban J connectivity index is 1.40. The molecule has 0 spiro atoms. The second kappa shape index (κ2) is 9.77. The Hall–Kier alpha value is -4.51. The molecule has 11 heteroatoms. The number of anilines is 1. The van der Waals surface area contributed by atoms with Gasteiger partial charge in [0.05, 0.1) is 21.5 Å². The first-order valence-corrected chi connectivity index (χ1v) is 11.9. The lowest BCUT2D eigenvalue weighted by Crippen LogP contribution is -2.28. The Labute approximate surface area is 200 Å². The summed E-state index contributed by atoms with van der Waals surface area (Å²) in [5.74, 6) is -1.53. The van der Waals surface area contributed by atoms with Gasteiger partial charge in [-0.15, -0.1) is 0 Å². The molecule has 0 bridgehead atoms. The number of aromatic amines is 1. The molecule has 0 radical (unpaired) electrons. The highest BCUT2D eigenvalue weighted by Gasteiger charge is 2.18. The van der Waals surface area contributed by atoms with Gasteiger partial charge in [-0.1, -0.05) is 30.3 Å². The van der Waals surface area contributed by atoms with Gasteiger partial charge in [0.1, 0.15) is 5.82 Å². The van der Waals surface area contributed by atoms with Crippen LogP contribution in [0, 0.1) is 0 Å². The summed E-state index contributed by atoms with van der Waals surface area (Å²) in [6.07, 6.45) is 0. The number of imidazole rings is 1. The van der Waals surface area contributed by atoms with E-state index in [9.17, 15) is 22.8 Å². The van der Waals surface area contributed by atoms with Crippen molar-refractivity contribution in [2.45, 2.75) is 11.8 Å². The molecule has 0 unspecified atom stereocenters. The van der Waals surface area contributed by atoms with Gasteiger partial charge in [0.2, 0.25) is 5.91 Å². The molecule has 35 heavy (non-hydrogen) atoms. The van der Waals surface area contributed by atoms with E-state index in [0.29, 0.717) is 11.4 Å². The average molecular weight is 493 g/mol. The second-order valence-electron chi connectivity index (χ2n) is 7.46. The number of benzene rings is 3. The molecular weight excluding hydrogens is 472 g/mol. The number of H-pyrrole nitrogens is 1. The molecule has 0 saturated carbocycles. The minimum absolute atomic E-state index is 0.140. The Kier molecular flexibility index (Phi) is 6.60. The second-order valence-corrected chi connectivity index (χ2v) is 9.14. The number of nitrogens with zero attached hydrogens (tertiary/aromatic N) is 1. The van der Waals surface area contributed by atoms with Gasteiger partial charge in [0.15, 0.2) is 6.61 Å². The Morgan fingerprint density at radius 1 is 0.943 bits per heavy atom. The van der Waals surface area contributed by atoms with Crippen molar-refractivity contribution in [3.05, 3.63) is 78.4 Å². The van der Waals surface area contributed by atoms with Crippen LogP contribution in [0.25, 0.3) is 22.4 Å². The predicted molar refractivity (Wildman–Crippen MR) is 128 cm³/mol. The van der Waals surface area contributed by atoms with Gasteiger partial charge in [-0.05, 0) is 42.5 Å². The van der Waals surface area contributed by atoms with E-state index >= 15 is 0 Å². The van der Waals surface area contributed by atoms with Gasteiger partial charge in [0.25, 0.3) is 15.9 Å². The molecule has 1 heterocycles. The maximum Gasteiger partial charge on any atom is 0.339 e. The topological polar surface area (TPSA) is 147 Å². The van der Waals surface area contributed by atoms with Crippen molar-refractivity contribution in [2.24, 2.45) is 0 Å². The number of carbonyl (C=O) groups is 3. The minimum atomic E-state index is -3.98. The maximum absolute atomic E-state index is 12.7. The molecule has 1 aromatic heterocycles. The summed E-state index contributed by atoms with van der Waals surface area (Å²) in [7, 11) is -3.98. The molecule has 10 nitrogen and oxygen atoms in total. The number of esters is 1. The lowest BCUT2D eigenvalue weighted by molar-refractivity contribution is -0.119. The van der Waals surface area contributed by atoms with Crippen LogP contribution in [0.5, 0.6) is 0 Å². The molecule has 178 valence electrons. The molecule has 4 rings (SSSR count). The average Bonchev–Trinajstić information content (AvgIpc) is 3.26. The molecule has 4 aromatic rings. The van der Waals surface area contributed by atoms with E-state index in [1.165, 1.54) is 24.3 Å².